The van der Waals surface area contributed by atoms with E-state index in [1.807, 2.05) is 13.0 Å². The monoisotopic (exact) mass is 345 g/mol. The molecular formula is C19H24FN3O2. The van der Waals surface area contributed by atoms with Gasteiger partial charge in [-0.1, -0.05) is 26.8 Å². The van der Waals surface area contributed by atoms with Crippen LogP contribution in [0, 0.1) is 6.92 Å². The maximum Gasteiger partial charge on any atom is 0.283 e. The second kappa shape index (κ2) is 10.1. The Bertz CT molecular complexity index is 715. The van der Waals surface area contributed by atoms with Gasteiger partial charge in [-0.05, 0) is 42.8 Å². The number of pyridine rings is 1. The molecular weight excluding hydrogens is 321 g/mol. The van der Waals surface area contributed by atoms with E-state index in [9.17, 15) is 9.18 Å². The highest BCUT2D eigenvalue weighted by atomic mass is 19.1. The van der Waals surface area contributed by atoms with Gasteiger partial charge >= 0.3 is 0 Å². The van der Waals surface area contributed by atoms with Crippen LogP contribution in [0.25, 0.3) is 0 Å². The summed E-state index contributed by atoms with van der Waals surface area (Å²) >= 11 is 0. The van der Waals surface area contributed by atoms with Gasteiger partial charge in [0.05, 0.1) is 5.69 Å². The molecule has 1 amide bonds. The topological polar surface area (TPSA) is 63.2 Å². The van der Waals surface area contributed by atoms with Crippen molar-refractivity contribution in [2.75, 3.05) is 17.7 Å². The number of benzene rings is 1. The summed E-state index contributed by atoms with van der Waals surface area (Å²) in [5.74, 6) is -0.916. The summed E-state index contributed by atoms with van der Waals surface area (Å²) in [4.78, 5) is 15.4. The van der Waals surface area contributed by atoms with Gasteiger partial charge in [-0.15, -0.1) is 0 Å². The Morgan fingerprint density at radius 3 is 2.40 bits per heavy atom. The van der Waals surface area contributed by atoms with Crippen LogP contribution in [-0.2, 0) is 4.79 Å². The highest BCUT2D eigenvalue weighted by Gasteiger charge is 2.08. The molecule has 0 unspecified atom stereocenters. The Balaban J connectivity index is 0.000000970. The van der Waals surface area contributed by atoms with Gasteiger partial charge in [-0.2, -0.15) is 0 Å². The molecule has 0 spiro atoms. The molecule has 1 aromatic carbocycles. The predicted octanol–water partition coefficient (Wildman–Crippen LogP) is 5.06. The molecule has 0 saturated carbocycles. The highest BCUT2D eigenvalue weighted by molar-refractivity contribution is 6.01. The minimum Gasteiger partial charge on any atom is -0.437 e. The molecule has 2 aromatic rings. The number of anilines is 2. The average Bonchev–Trinajstić information content (AvgIpc) is 2.58. The van der Waals surface area contributed by atoms with Crippen LogP contribution in [0.1, 0.15) is 25.8 Å². The van der Waals surface area contributed by atoms with Crippen molar-refractivity contribution in [3.63, 3.8) is 0 Å². The van der Waals surface area contributed by atoms with Crippen LogP contribution in [0.4, 0.5) is 15.8 Å². The first kappa shape index (κ1) is 20.2. The number of aromatic nitrogens is 1. The summed E-state index contributed by atoms with van der Waals surface area (Å²) in [6.07, 6.45) is 2.96. The number of amides is 1. The number of nitrogens with one attached hydrogen (secondary N) is 2. The highest BCUT2D eigenvalue weighted by Crippen LogP contribution is 2.28. The zero-order valence-electron chi connectivity index (χ0n) is 15.0. The molecule has 0 radical (unpaired) electrons. The van der Waals surface area contributed by atoms with Crippen molar-refractivity contribution in [2.45, 2.75) is 27.2 Å². The van der Waals surface area contributed by atoms with Crippen molar-refractivity contribution in [2.24, 2.45) is 0 Å². The van der Waals surface area contributed by atoms with E-state index < -0.39 is 11.7 Å². The zero-order chi connectivity index (χ0) is 18.8. The van der Waals surface area contributed by atoms with E-state index >= 15 is 0 Å². The fourth-order valence-corrected chi connectivity index (χ4v) is 1.73. The molecule has 0 atom stereocenters. The minimum absolute atomic E-state index is 0.446. The van der Waals surface area contributed by atoms with Crippen molar-refractivity contribution in [1.82, 2.24) is 4.98 Å². The number of ether oxygens (including phenoxy) is 1. The van der Waals surface area contributed by atoms with Gasteiger partial charge in [-0.3, -0.25) is 4.79 Å². The Morgan fingerprint density at radius 1 is 1.28 bits per heavy atom. The van der Waals surface area contributed by atoms with Gasteiger partial charge in [0.1, 0.15) is 5.75 Å². The summed E-state index contributed by atoms with van der Waals surface area (Å²) in [7, 11) is 1.78. The van der Waals surface area contributed by atoms with Crippen LogP contribution >= 0.6 is 0 Å². The molecule has 0 aliphatic rings. The van der Waals surface area contributed by atoms with E-state index in [4.69, 9.17) is 4.74 Å². The summed E-state index contributed by atoms with van der Waals surface area (Å²) in [6.45, 7) is 9.12. The third kappa shape index (κ3) is 6.63. The van der Waals surface area contributed by atoms with Gasteiger partial charge in [0.25, 0.3) is 5.91 Å². The lowest BCUT2D eigenvalue weighted by Crippen LogP contribution is -2.10. The lowest BCUT2D eigenvalue weighted by atomic mass is 10.3. The molecule has 5 nitrogen and oxygen atoms in total. The van der Waals surface area contributed by atoms with Crippen LogP contribution < -0.4 is 15.4 Å². The molecule has 0 bridgehead atoms. The normalized spacial score (nSPS) is 9.48. The molecule has 0 aliphatic carbocycles. The number of carbonyl (C=O) groups excluding carboxylic acids is 1. The average molecular weight is 345 g/mol. The van der Waals surface area contributed by atoms with Gasteiger partial charge in [0.2, 0.25) is 5.88 Å². The number of halogens is 1. The predicted molar refractivity (Wildman–Crippen MR) is 99.9 cm³/mol. The van der Waals surface area contributed by atoms with Crippen molar-refractivity contribution in [1.29, 1.82) is 0 Å². The maximum absolute atomic E-state index is 12.6. The number of hydrogen-bond donors (Lipinski definition) is 2. The largest absolute Gasteiger partial charge is 0.437 e. The maximum atomic E-state index is 12.6. The molecule has 0 fully saturated rings. The second-order valence-electron chi connectivity index (χ2n) is 5.31. The zero-order valence-corrected chi connectivity index (χ0v) is 15.0. The third-order valence-electron chi connectivity index (χ3n) is 2.83. The van der Waals surface area contributed by atoms with E-state index in [1.165, 1.54) is 6.42 Å². The number of rotatable bonds is 5. The van der Waals surface area contributed by atoms with Crippen molar-refractivity contribution in [3.8, 4) is 11.6 Å². The lowest BCUT2D eigenvalue weighted by Gasteiger charge is -2.11. The van der Waals surface area contributed by atoms with Gasteiger partial charge in [0.15, 0.2) is 5.83 Å². The van der Waals surface area contributed by atoms with Crippen LogP contribution in [-0.4, -0.2) is 17.9 Å². The Morgan fingerprint density at radius 2 is 1.88 bits per heavy atom. The summed E-state index contributed by atoms with van der Waals surface area (Å²) in [6, 6.07) is 8.42. The van der Waals surface area contributed by atoms with E-state index in [0.29, 0.717) is 17.3 Å². The van der Waals surface area contributed by atoms with Crippen molar-refractivity contribution >= 4 is 17.3 Å². The minimum atomic E-state index is -1.04. The first-order valence-electron chi connectivity index (χ1n) is 7.99. The molecule has 1 aromatic heterocycles. The van der Waals surface area contributed by atoms with Crippen LogP contribution in [0.15, 0.2) is 48.9 Å². The van der Waals surface area contributed by atoms with Gasteiger partial charge < -0.3 is 15.4 Å². The van der Waals surface area contributed by atoms with E-state index in [2.05, 4.69) is 36.0 Å². The van der Waals surface area contributed by atoms with E-state index in [0.717, 1.165) is 11.3 Å². The van der Waals surface area contributed by atoms with Crippen molar-refractivity contribution < 1.29 is 13.9 Å². The molecule has 2 rings (SSSR count). The molecule has 25 heavy (non-hydrogen) atoms. The van der Waals surface area contributed by atoms with Crippen LogP contribution in [0.5, 0.6) is 11.6 Å². The number of nitrogens with zero attached hydrogens (tertiary/aromatic N) is 1. The number of hydrogen-bond acceptors (Lipinski definition) is 4. The first-order valence-corrected chi connectivity index (χ1v) is 7.99. The molecule has 0 saturated heterocycles. The first-order chi connectivity index (χ1) is 11.9. The summed E-state index contributed by atoms with van der Waals surface area (Å²) in [5, 5.41) is 5.38. The van der Waals surface area contributed by atoms with Gasteiger partial charge in [-0.25, -0.2) is 9.37 Å². The van der Waals surface area contributed by atoms with E-state index in [-0.39, 0.29) is 0 Å². The standard InChI is InChI=1S/C16H16FN3O2.C3H8/c1-10-8-14(18-3)16(19-9-10)22-13-6-4-12(5-7-13)20-15(21)11(2)17;1-3-2/h4-9,18H,2H2,1,3H3,(H,20,21);3H2,1-2H3. The quantitative estimate of drug-likeness (QED) is 0.743. The fraction of sp³-hybridized carbons (Fsp3) is 0.263. The summed E-state index contributed by atoms with van der Waals surface area (Å²) in [5.41, 5.74) is 2.23. The Hall–Kier alpha value is -2.89. The molecule has 1 heterocycles. The van der Waals surface area contributed by atoms with Gasteiger partial charge in [0, 0.05) is 18.9 Å². The molecule has 6 heteroatoms. The number of aryl methyl sites for hydroxylation is 1. The molecule has 0 aliphatic heterocycles. The molecule has 134 valence electrons. The van der Waals surface area contributed by atoms with Crippen LogP contribution in [0.2, 0.25) is 0 Å². The van der Waals surface area contributed by atoms with Crippen molar-refractivity contribution in [3.05, 3.63) is 54.5 Å². The molecule has 2 N–H and O–H groups in total. The number of carbonyl (C=O) groups is 1. The van der Waals surface area contributed by atoms with Crippen LogP contribution in [0.3, 0.4) is 0 Å². The smallest absolute Gasteiger partial charge is 0.283 e. The SMILES string of the molecule is C=C(F)C(=O)Nc1ccc(Oc2ncc(C)cc2NC)cc1.CCC. The third-order valence-corrected chi connectivity index (χ3v) is 2.83. The summed E-state index contributed by atoms with van der Waals surface area (Å²) < 4.78 is 18.3. The Labute approximate surface area is 147 Å². The fourth-order valence-electron chi connectivity index (χ4n) is 1.73. The Kier molecular flexibility index (Phi) is 8.12. The lowest BCUT2D eigenvalue weighted by molar-refractivity contribution is -0.114. The van der Waals surface area contributed by atoms with E-state index in [1.54, 1.807) is 37.5 Å². The second-order valence-corrected chi connectivity index (χ2v) is 5.31.